The van der Waals surface area contributed by atoms with Crippen molar-refractivity contribution in [3.05, 3.63) is 66.1 Å². The molecule has 1 fully saturated rings. The molecule has 1 saturated heterocycles. The SMILES string of the molecule is Cc1ccc(N2CCN(c3ncc(-c4cccc(CN(C)C(=O)CN)c4)cn3)CC2)nc1.O=C(O)C(O)C(O)C(=O)O. The molecule has 1 amide bonds. The number of nitrogens with two attached hydrogens (primary N) is 1. The highest BCUT2D eigenvalue weighted by Gasteiger charge is 2.29. The number of carbonyl (C=O) groups excluding carboxylic acids is 1. The van der Waals surface area contributed by atoms with Crippen LogP contribution in [0, 0.1) is 6.92 Å². The van der Waals surface area contributed by atoms with Crippen LogP contribution < -0.4 is 15.5 Å². The summed E-state index contributed by atoms with van der Waals surface area (Å²) in [5, 5.41) is 32.5. The fourth-order valence-electron chi connectivity index (χ4n) is 4.05. The van der Waals surface area contributed by atoms with Gasteiger partial charge in [-0.2, -0.15) is 0 Å². The molecule has 0 spiro atoms. The van der Waals surface area contributed by atoms with Crippen molar-refractivity contribution in [3.63, 3.8) is 0 Å². The topological polar surface area (TPSA) is 207 Å². The second kappa shape index (κ2) is 14.8. The lowest BCUT2D eigenvalue weighted by Crippen LogP contribution is -2.47. The van der Waals surface area contributed by atoms with Gasteiger partial charge in [0.25, 0.3) is 0 Å². The molecule has 1 aromatic carbocycles. The average Bonchev–Trinajstić information content (AvgIpc) is 3.00. The molecule has 0 saturated carbocycles. The Morgan fingerprint density at radius 3 is 2.00 bits per heavy atom. The Kier molecular flexibility index (Phi) is 11.2. The van der Waals surface area contributed by atoms with Crippen LogP contribution in [0.5, 0.6) is 0 Å². The number of benzene rings is 1. The number of carbonyl (C=O) groups is 3. The normalized spacial score (nSPS) is 14.3. The average molecular weight is 582 g/mol. The fourth-order valence-corrected chi connectivity index (χ4v) is 4.05. The van der Waals surface area contributed by atoms with Gasteiger partial charge in [0.15, 0.2) is 12.2 Å². The summed E-state index contributed by atoms with van der Waals surface area (Å²) in [4.78, 5) is 51.2. The van der Waals surface area contributed by atoms with Crippen molar-refractivity contribution >= 4 is 29.6 Å². The van der Waals surface area contributed by atoms with E-state index in [0.717, 1.165) is 54.6 Å². The zero-order valence-corrected chi connectivity index (χ0v) is 23.4. The molecule has 1 aliphatic heterocycles. The molecule has 0 bridgehead atoms. The van der Waals surface area contributed by atoms with Crippen molar-refractivity contribution in [2.24, 2.45) is 5.73 Å². The van der Waals surface area contributed by atoms with E-state index in [-0.39, 0.29) is 12.5 Å². The van der Waals surface area contributed by atoms with Gasteiger partial charge in [-0.25, -0.2) is 24.5 Å². The summed E-state index contributed by atoms with van der Waals surface area (Å²) in [5.74, 6) is -1.86. The standard InChI is InChI=1S/C24H29N7O.C4H6O6/c1-18-6-7-22(26-14-18)30-8-10-31(11-9-30)24-27-15-21(16-28-24)20-5-3-4-19(12-20)17-29(2)23(32)13-25;5-1(3(7)8)2(6)4(9)10/h3-7,12,14-16H,8-11,13,17,25H2,1-2H3;1-2,5-6H,(H,7,8)(H,9,10). The van der Waals surface area contributed by atoms with E-state index >= 15 is 0 Å². The lowest BCUT2D eigenvalue weighted by atomic mass is 10.1. The number of aliphatic hydroxyl groups is 2. The molecule has 0 radical (unpaired) electrons. The highest BCUT2D eigenvalue weighted by Crippen LogP contribution is 2.22. The minimum atomic E-state index is -2.27. The lowest BCUT2D eigenvalue weighted by molar-refractivity contribution is -0.165. The Balaban J connectivity index is 0.000000416. The minimum Gasteiger partial charge on any atom is -0.479 e. The largest absolute Gasteiger partial charge is 0.479 e. The minimum absolute atomic E-state index is 0.0152. The Bertz CT molecular complexity index is 1330. The summed E-state index contributed by atoms with van der Waals surface area (Å²) in [6.07, 6.45) is 1.11. The molecule has 224 valence electrons. The van der Waals surface area contributed by atoms with E-state index in [1.807, 2.05) is 43.7 Å². The first kappa shape index (κ1) is 31.9. The zero-order chi connectivity index (χ0) is 30.8. The summed E-state index contributed by atoms with van der Waals surface area (Å²) >= 11 is 0. The number of piperazine rings is 1. The van der Waals surface area contributed by atoms with Crippen molar-refractivity contribution in [1.82, 2.24) is 19.9 Å². The van der Waals surface area contributed by atoms with E-state index < -0.39 is 24.1 Å². The van der Waals surface area contributed by atoms with Crippen LogP contribution in [-0.2, 0) is 20.9 Å². The maximum atomic E-state index is 11.7. The van der Waals surface area contributed by atoms with Gasteiger partial charge in [0.1, 0.15) is 5.82 Å². The highest BCUT2D eigenvalue weighted by atomic mass is 16.4. The molecule has 14 heteroatoms. The molecular formula is C28H35N7O7. The van der Waals surface area contributed by atoms with Gasteiger partial charge in [-0.3, -0.25) is 4.79 Å². The zero-order valence-electron chi connectivity index (χ0n) is 23.4. The smallest absolute Gasteiger partial charge is 0.335 e. The Labute approximate surface area is 242 Å². The van der Waals surface area contributed by atoms with Crippen LogP contribution in [0.15, 0.2) is 55.0 Å². The van der Waals surface area contributed by atoms with Crippen LogP contribution >= 0.6 is 0 Å². The molecule has 42 heavy (non-hydrogen) atoms. The molecule has 2 aromatic heterocycles. The number of anilines is 2. The number of aliphatic carboxylic acids is 2. The van der Waals surface area contributed by atoms with Gasteiger partial charge >= 0.3 is 11.9 Å². The summed E-state index contributed by atoms with van der Waals surface area (Å²) in [6, 6.07) is 12.2. The van der Waals surface area contributed by atoms with E-state index in [1.54, 1.807) is 11.9 Å². The predicted molar refractivity (Wildman–Crippen MR) is 154 cm³/mol. The van der Waals surface area contributed by atoms with Crippen LogP contribution in [0.2, 0.25) is 0 Å². The van der Waals surface area contributed by atoms with E-state index in [2.05, 4.69) is 43.0 Å². The number of aryl methyl sites for hydroxylation is 1. The van der Waals surface area contributed by atoms with Gasteiger partial charge in [-0.05, 0) is 35.7 Å². The van der Waals surface area contributed by atoms with Crippen molar-refractivity contribution in [2.75, 3.05) is 49.6 Å². The number of carboxylic acids is 2. The van der Waals surface area contributed by atoms with Gasteiger partial charge in [0.05, 0.1) is 6.54 Å². The van der Waals surface area contributed by atoms with Crippen molar-refractivity contribution in [2.45, 2.75) is 25.7 Å². The van der Waals surface area contributed by atoms with Gasteiger partial charge in [0, 0.05) is 63.9 Å². The quantitative estimate of drug-likeness (QED) is 0.225. The van der Waals surface area contributed by atoms with Gasteiger partial charge in [0.2, 0.25) is 11.9 Å². The van der Waals surface area contributed by atoms with E-state index in [0.29, 0.717) is 6.54 Å². The summed E-state index contributed by atoms with van der Waals surface area (Å²) in [7, 11) is 1.76. The van der Waals surface area contributed by atoms with Crippen LogP contribution in [-0.4, -0.2) is 110 Å². The Morgan fingerprint density at radius 1 is 0.881 bits per heavy atom. The maximum absolute atomic E-state index is 11.7. The third-order valence-electron chi connectivity index (χ3n) is 6.51. The first-order chi connectivity index (χ1) is 20.0. The predicted octanol–water partition coefficient (Wildman–Crippen LogP) is -0.0319. The Hall–Kier alpha value is -4.66. The van der Waals surface area contributed by atoms with Gasteiger partial charge in [-0.1, -0.05) is 24.3 Å². The van der Waals surface area contributed by atoms with Crippen LogP contribution in [0.25, 0.3) is 11.1 Å². The number of amides is 1. The number of aromatic nitrogens is 3. The molecule has 3 heterocycles. The van der Waals surface area contributed by atoms with Crippen molar-refractivity contribution in [3.8, 4) is 11.1 Å². The third-order valence-corrected chi connectivity index (χ3v) is 6.51. The van der Waals surface area contributed by atoms with Gasteiger partial charge in [-0.15, -0.1) is 0 Å². The fraction of sp³-hybridized carbons (Fsp3) is 0.357. The Morgan fingerprint density at radius 2 is 1.48 bits per heavy atom. The number of likely N-dealkylation sites (N-methyl/N-ethyl adjacent to an activating group) is 1. The number of hydrogen-bond acceptors (Lipinski definition) is 11. The summed E-state index contributed by atoms with van der Waals surface area (Å²) in [6.45, 7) is 6.06. The number of nitrogens with zero attached hydrogens (tertiary/aromatic N) is 6. The van der Waals surface area contributed by atoms with Crippen molar-refractivity contribution < 1.29 is 34.8 Å². The molecule has 14 nitrogen and oxygen atoms in total. The third kappa shape index (κ3) is 8.67. The van der Waals surface area contributed by atoms with E-state index in [4.69, 9.17) is 26.2 Å². The maximum Gasteiger partial charge on any atom is 0.335 e. The second-order valence-corrected chi connectivity index (χ2v) is 9.66. The van der Waals surface area contributed by atoms with E-state index in [1.165, 1.54) is 5.56 Å². The molecular weight excluding hydrogens is 546 g/mol. The number of rotatable bonds is 9. The second-order valence-electron chi connectivity index (χ2n) is 9.66. The number of hydrogen-bond donors (Lipinski definition) is 5. The van der Waals surface area contributed by atoms with E-state index in [9.17, 15) is 14.4 Å². The molecule has 1 aliphatic rings. The lowest BCUT2D eigenvalue weighted by Gasteiger charge is -2.35. The van der Waals surface area contributed by atoms with Crippen LogP contribution in [0.3, 0.4) is 0 Å². The highest BCUT2D eigenvalue weighted by molar-refractivity contribution is 5.83. The monoisotopic (exact) mass is 581 g/mol. The molecule has 6 N–H and O–H groups in total. The summed E-state index contributed by atoms with van der Waals surface area (Å²) in [5.41, 5.74) is 9.63. The summed E-state index contributed by atoms with van der Waals surface area (Å²) < 4.78 is 0. The number of aliphatic hydroxyl groups excluding tert-OH is 2. The number of carboxylic acid groups (broad SMARTS) is 2. The van der Waals surface area contributed by atoms with Gasteiger partial charge < -0.3 is 40.9 Å². The first-order valence-corrected chi connectivity index (χ1v) is 13.1. The van der Waals surface area contributed by atoms with Crippen LogP contribution in [0.4, 0.5) is 11.8 Å². The molecule has 2 unspecified atom stereocenters. The molecule has 3 aromatic rings. The van der Waals surface area contributed by atoms with Crippen molar-refractivity contribution in [1.29, 1.82) is 0 Å². The van der Waals surface area contributed by atoms with Crippen LogP contribution in [0.1, 0.15) is 11.1 Å². The molecule has 4 rings (SSSR count). The first-order valence-electron chi connectivity index (χ1n) is 13.1. The molecule has 0 aliphatic carbocycles. The number of pyridine rings is 1. The molecule has 2 atom stereocenters.